The van der Waals surface area contributed by atoms with Gasteiger partial charge < -0.3 is 5.32 Å². The number of anilines is 2. The molecule has 2 aromatic rings. The highest BCUT2D eigenvalue weighted by Gasteiger charge is 2.08. The van der Waals surface area contributed by atoms with Crippen LogP contribution in [0.5, 0.6) is 0 Å². The predicted molar refractivity (Wildman–Crippen MR) is 65.6 cm³/mol. The van der Waals surface area contributed by atoms with Crippen molar-refractivity contribution in [3.63, 3.8) is 0 Å². The molecule has 2 rings (SSSR count). The minimum atomic E-state index is -0.529. The first-order valence-electron chi connectivity index (χ1n) is 4.89. The summed E-state index contributed by atoms with van der Waals surface area (Å²) < 4.78 is 12.8. The lowest BCUT2D eigenvalue weighted by Gasteiger charge is -2.07. The van der Waals surface area contributed by atoms with Crippen molar-refractivity contribution in [1.82, 2.24) is 4.98 Å². The lowest BCUT2D eigenvalue weighted by Crippen LogP contribution is -1.96. The van der Waals surface area contributed by atoms with Crippen LogP contribution < -0.4 is 5.32 Å². The van der Waals surface area contributed by atoms with Crippen molar-refractivity contribution >= 4 is 28.8 Å². The third kappa shape index (κ3) is 2.72. The number of hydrogen-bond donors (Lipinski definition) is 1. The highest BCUT2D eigenvalue weighted by molar-refractivity contribution is 6.33. The Morgan fingerprint density at radius 2 is 2.11 bits per heavy atom. The summed E-state index contributed by atoms with van der Waals surface area (Å²) in [6, 6.07) is 6.34. The summed E-state index contributed by atoms with van der Waals surface area (Å²) in [6.45, 7) is 0. The first kappa shape index (κ1) is 12.3. The zero-order chi connectivity index (χ0) is 13.1. The summed E-state index contributed by atoms with van der Waals surface area (Å²) in [7, 11) is 0. The topological polar surface area (TPSA) is 68.1 Å². The quantitative estimate of drug-likeness (QED) is 0.682. The number of nitrogens with one attached hydrogen (secondary N) is 1. The fourth-order valence-corrected chi connectivity index (χ4v) is 1.54. The average molecular weight is 268 g/mol. The summed E-state index contributed by atoms with van der Waals surface area (Å²) in [5, 5.41) is 13.5. The molecule has 1 N–H and O–H groups in total. The van der Waals surface area contributed by atoms with Crippen LogP contribution >= 0.6 is 11.6 Å². The van der Waals surface area contributed by atoms with Gasteiger partial charge in [-0.3, -0.25) is 10.1 Å². The average Bonchev–Trinajstić information content (AvgIpc) is 2.33. The van der Waals surface area contributed by atoms with Gasteiger partial charge >= 0.3 is 0 Å². The van der Waals surface area contributed by atoms with Gasteiger partial charge in [-0.25, -0.2) is 9.37 Å². The number of nitrogens with zero attached hydrogens (tertiary/aromatic N) is 2. The fourth-order valence-electron chi connectivity index (χ4n) is 1.33. The van der Waals surface area contributed by atoms with Gasteiger partial charge in [0, 0.05) is 12.3 Å². The Bertz CT molecular complexity index is 607. The van der Waals surface area contributed by atoms with Crippen molar-refractivity contribution < 1.29 is 9.31 Å². The molecule has 1 aromatic carbocycles. The van der Waals surface area contributed by atoms with E-state index >= 15 is 0 Å². The molecule has 0 saturated carbocycles. The molecule has 1 heterocycles. The van der Waals surface area contributed by atoms with Crippen molar-refractivity contribution in [1.29, 1.82) is 0 Å². The second-order valence-corrected chi connectivity index (χ2v) is 3.81. The maximum atomic E-state index is 12.8. The van der Waals surface area contributed by atoms with Crippen molar-refractivity contribution in [2.24, 2.45) is 0 Å². The molecule has 18 heavy (non-hydrogen) atoms. The van der Waals surface area contributed by atoms with Crippen LogP contribution in [0.1, 0.15) is 0 Å². The summed E-state index contributed by atoms with van der Waals surface area (Å²) in [4.78, 5) is 14.0. The van der Waals surface area contributed by atoms with Gasteiger partial charge in [0.1, 0.15) is 11.6 Å². The number of rotatable bonds is 3. The van der Waals surface area contributed by atoms with Crippen LogP contribution in [0.4, 0.5) is 21.6 Å². The zero-order valence-electron chi connectivity index (χ0n) is 8.93. The van der Waals surface area contributed by atoms with Crippen LogP contribution in [0.2, 0.25) is 5.02 Å². The molecule has 0 saturated heterocycles. The van der Waals surface area contributed by atoms with Gasteiger partial charge in [0.25, 0.3) is 5.69 Å². The first-order chi connectivity index (χ1) is 8.56. The van der Waals surface area contributed by atoms with E-state index < -0.39 is 10.7 Å². The van der Waals surface area contributed by atoms with Crippen LogP contribution in [-0.2, 0) is 0 Å². The van der Waals surface area contributed by atoms with Crippen molar-refractivity contribution in [2.75, 3.05) is 5.32 Å². The molecule has 5 nitrogen and oxygen atoms in total. The number of halogens is 2. The van der Waals surface area contributed by atoms with Crippen LogP contribution in [0.25, 0.3) is 0 Å². The molecular weight excluding hydrogens is 261 g/mol. The zero-order valence-corrected chi connectivity index (χ0v) is 9.69. The van der Waals surface area contributed by atoms with E-state index in [-0.39, 0.29) is 16.5 Å². The summed E-state index contributed by atoms with van der Waals surface area (Å²) in [6.07, 6.45) is 1.30. The standard InChI is InChI=1S/C11H7ClFN3O2/c12-9-5-7(13)1-2-10(9)15-11-6-8(16(17)18)3-4-14-11/h1-6H,(H,14,15). The Hall–Kier alpha value is -2.21. The Labute approximate surface area is 106 Å². The molecular formula is C11H7ClFN3O2. The maximum absolute atomic E-state index is 12.8. The summed E-state index contributed by atoms with van der Waals surface area (Å²) in [5.74, 6) is -0.199. The van der Waals surface area contributed by atoms with Crippen molar-refractivity contribution in [2.45, 2.75) is 0 Å². The van der Waals surface area contributed by atoms with Crippen molar-refractivity contribution in [3.8, 4) is 0 Å². The second kappa shape index (κ2) is 4.97. The Balaban J connectivity index is 2.28. The number of hydrogen-bond acceptors (Lipinski definition) is 4. The highest BCUT2D eigenvalue weighted by atomic mass is 35.5. The molecule has 0 aliphatic rings. The minimum absolute atomic E-state index is 0.0919. The number of aromatic nitrogens is 1. The first-order valence-corrected chi connectivity index (χ1v) is 5.26. The van der Waals surface area contributed by atoms with Gasteiger partial charge in [0.15, 0.2) is 0 Å². The highest BCUT2D eigenvalue weighted by Crippen LogP contribution is 2.26. The molecule has 0 fully saturated rings. The monoisotopic (exact) mass is 267 g/mol. The smallest absolute Gasteiger partial charge is 0.274 e. The van der Waals surface area contributed by atoms with E-state index in [2.05, 4.69) is 10.3 Å². The van der Waals surface area contributed by atoms with Gasteiger partial charge in [-0.2, -0.15) is 0 Å². The van der Waals surface area contributed by atoms with Gasteiger partial charge in [-0.15, -0.1) is 0 Å². The van der Waals surface area contributed by atoms with E-state index in [1.54, 1.807) is 0 Å². The largest absolute Gasteiger partial charge is 0.339 e. The third-order valence-corrected chi connectivity index (χ3v) is 2.46. The molecule has 7 heteroatoms. The second-order valence-electron chi connectivity index (χ2n) is 3.41. The number of benzene rings is 1. The predicted octanol–water partition coefficient (Wildman–Crippen LogP) is 3.53. The summed E-state index contributed by atoms with van der Waals surface area (Å²) in [5.41, 5.74) is 0.330. The SMILES string of the molecule is O=[N+]([O-])c1ccnc(Nc2ccc(F)cc2Cl)c1. The Morgan fingerprint density at radius 1 is 1.33 bits per heavy atom. The Morgan fingerprint density at radius 3 is 2.78 bits per heavy atom. The van der Waals surface area contributed by atoms with Gasteiger partial charge in [-0.05, 0) is 18.2 Å². The minimum Gasteiger partial charge on any atom is -0.339 e. The van der Waals surface area contributed by atoms with Crippen LogP contribution in [0, 0.1) is 15.9 Å². The summed E-state index contributed by atoms with van der Waals surface area (Å²) >= 11 is 5.82. The molecule has 0 unspecified atom stereocenters. The van der Waals surface area contributed by atoms with E-state index in [4.69, 9.17) is 11.6 Å². The molecule has 92 valence electrons. The Kier molecular flexibility index (Phi) is 3.38. The molecule has 0 atom stereocenters. The molecule has 0 spiro atoms. The molecule has 1 aromatic heterocycles. The van der Waals surface area contributed by atoms with Crippen LogP contribution in [-0.4, -0.2) is 9.91 Å². The normalized spacial score (nSPS) is 10.1. The van der Waals surface area contributed by atoms with E-state index in [1.807, 2.05) is 0 Å². The third-order valence-electron chi connectivity index (χ3n) is 2.15. The number of pyridine rings is 1. The fraction of sp³-hybridized carbons (Fsp3) is 0. The van der Waals surface area contributed by atoms with E-state index in [0.29, 0.717) is 5.69 Å². The van der Waals surface area contributed by atoms with Crippen LogP contribution in [0.3, 0.4) is 0 Å². The van der Waals surface area contributed by atoms with E-state index in [1.165, 1.54) is 30.5 Å². The van der Waals surface area contributed by atoms with Gasteiger partial charge in [0.2, 0.25) is 0 Å². The maximum Gasteiger partial charge on any atom is 0.274 e. The van der Waals surface area contributed by atoms with E-state index in [0.717, 1.165) is 6.07 Å². The molecule has 0 aliphatic heterocycles. The molecule has 0 aliphatic carbocycles. The van der Waals surface area contributed by atoms with Gasteiger partial charge in [0.05, 0.1) is 21.7 Å². The number of nitro groups is 1. The van der Waals surface area contributed by atoms with Gasteiger partial charge in [-0.1, -0.05) is 11.6 Å². The lowest BCUT2D eigenvalue weighted by atomic mass is 10.3. The molecule has 0 radical (unpaired) electrons. The van der Waals surface area contributed by atoms with Crippen molar-refractivity contribution in [3.05, 3.63) is 57.5 Å². The molecule has 0 amide bonds. The van der Waals surface area contributed by atoms with E-state index in [9.17, 15) is 14.5 Å². The van der Waals surface area contributed by atoms with Crippen LogP contribution in [0.15, 0.2) is 36.5 Å². The molecule has 0 bridgehead atoms. The lowest BCUT2D eigenvalue weighted by molar-refractivity contribution is -0.384.